The number of thiazole rings is 2. The van der Waals surface area contributed by atoms with Gasteiger partial charge in [-0.15, -0.1) is 70.8 Å². The Balaban J connectivity index is 0.000000177. The molecule has 0 aliphatic heterocycles. The molecule has 1 radical (unpaired) electrons. The molecule has 0 spiro atoms. The van der Waals surface area contributed by atoms with E-state index >= 15 is 0 Å². The van der Waals surface area contributed by atoms with Crippen molar-refractivity contribution >= 4 is 43.1 Å². The number of aliphatic hydroxyl groups excluding tert-OH is 2. The third-order valence-electron chi connectivity index (χ3n) is 5.67. The van der Waals surface area contributed by atoms with E-state index in [1.54, 1.807) is 36.5 Å². The zero-order chi connectivity index (χ0) is 27.8. The van der Waals surface area contributed by atoms with Crippen LogP contribution in [-0.4, -0.2) is 32.4 Å². The Morgan fingerprint density at radius 1 is 0.650 bits per heavy atom. The Bertz CT molecular complexity index is 1420. The van der Waals surface area contributed by atoms with Crippen LogP contribution >= 0.6 is 22.7 Å². The van der Waals surface area contributed by atoms with E-state index in [1.807, 2.05) is 48.5 Å². The molecule has 209 valence electrons. The summed E-state index contributed by atoms with van der Waals surface area (Å²) in [5.41, 5.74) is 6.74. The number of benzene rings is 4. The van der Waals surface area contributed by atoms with Gasteiger partial charge in [0.1, 0.15) is 0 Å². The molecule has 6 rings (SSSR count). The smallest absolute Gasteiger partial charge is 0.0697 e. The largest absolute Gasteiger partial charge is 0.393 e. The van der Waals surface area contributed by atoms with Gasteiger partial charge in [-0.1, -0.05) is 38.1 Å². The number of aliphatic hydroxyl groups is 2. The molecule has 4 aromatic carbocycles. The summed E-state index contributed by atoms with van der Waals surface area (Å²) in [5, 5.41) is 19.2. The van der Waals surface area contributed by atoms with Crippen molar-refractivity contribution in [1.82, 2.24) is 9.97 Å². The van der Waals surface area contributed by atoms with Gasteiger partial charge in [-0.3, -0.25) is 9.97 Å². The summed E-state index contributed by atoms with van der Waals surface area (Å²) in [7, 11) is 0. The van der Waals surface area contributed by atoms with Crippen molar-refractivity contribution < 1.29 is 30.3 Å². The second-order valence-electron chi connectivity index (χ2n) is 9.47. The molecule has 4 nitrogen and oxygen atoms in total. The molecule has 0 saturated carbocycles. The number of hydrogen-bond acceptors (Lipinski definition) is 6. The fraction of sp³-hybridized carbons (Fsp3) is 0.212. The van der Waals surface area contributed by atoms with Crippen LogP contribution in [0.5, 0.6) is 0 Å². The van der Waals surface area contributed by atoms with Crippen LogP contribution in [0, 0.1) is 26.0 Å². The minimum Gasteiger partial charge on any atom is -0.393 e. The molecule has 0 aliphatic rings. The monoisotopic (exact) mass is 745 g/mol. The Morgan fingerprint density at radius 2 is 1.05 bits per heavy atom. The normalized spacial score (nSPS) is 11.9. The van der Waals surface area contributed by atoms with Gasteiger partial charge in [-0.2, -0.15) is 22.7 Å². The van der Waals surface area contributed by atoms with Crippen molar-refractivity contribution in [2.45, 2.75) is 46.3 Å². The molecule has 6 aromatic rings. The van der Waals surface area contributed by atoms with Crippen LogP contribution in [-0.2, 0) is 20.1 Å². The van der Waals surface area contributed by atoms with Gasteiger partial charge in [0, 0.05) is 39.5 Å². The summed E-state index contributed by atoms with van der Waals surface area (Å²) in [5.74, 6) is 0. The van der Waals surface area contributed by atoms with E-state index in [9.17, 15) is 0 Å². The number of nitrogens with zero attached hydrogens (tertiary/aromatic N) is 2. The zero-order valence-electron chi connectivity index (χ0n) is 22.9. The molecule has 2 heterocycles. The van der Waals surface area contributed by atoms with E-state index in [-0.39, 0.29) is 32.3 Å². The number of fused-ring (bicyclic) bond motifs is 2. The number of hydrogen-bond donors (Lipinski definition) is 2. The summed E-state index contributed by atoms with van der Waals surface area (Å²) < 4.78 is 2.46. The molecule has 0 fully saturated rings. The second kappa shape index (κ2) is 15.3. The van der Waals surface area contributed by atoms with Gasteiger partial charge in [0.15, 0.2) is 0 Å². The number of aryl methyl sites for hydroxylation is 2. The predicted octanol–water partition coefficient (Wildman–Crippen LogP) is 8.28. The van der Waals surface area contributed by atoms with Crippen LogP contribution in [0.1, 0.15) is 31.4 Å². The zero-order valence-corrected chi connectivity index (χ0v) is 26.9. The SMILES string of the molecule is CC(O)CC(C)O.Cc1c[c-]c(-c2nc3ccccc3s2)cc1.Cc1c[c-]c(-c2nc3ccccc3s2)cc1.[Ir]. The summed E-state index contributed by atoms with van der Waals surface area (Å²) in [6.45, 7) is 7.46. The first-order valence-corrected chi connectivity index (χ1v) is 14.5. The first-order chi connectivity index (χ1) is 18.8. The van der Waals surface area contributed by atoms with Gasteiger partial charge in [0.25, 0.3) is 0 Å². The Hall–Kier alpha value is -2.77. The van der Waals surface area contributed by atoms with Crippen LogP contribution in [0.25, 0.3) is 41.6 Å². The standard InChI is InChI=1S/2C14H10NS.C5H12O2.Ir/c2*1-10-6-8-11(9-7-10)14-15-12-4-2-3-5-13(12)16-14;1-4(6)3-5(2)7;/h2*2-8H,1H3;4-7H,3H2,1-2H3;/q2*-1;;. The van der Waals surface area contributed by atoms with Crippen molar-refractivity contribution in [2.75, 3.05) is 0 Å². The minimum atomic E-state index is -0.375. The Kier molecular flexibility index (Phi) is 12.1. The third kappa shape index (κ3) is 9.13. The fourth-order valence-electron chi connectivity index (χ4n) is 3.74. The summed E-state index contributed by atoms with van der Waals surface area (Å²) in [6.07, 6.45) is -0.278. The first-order valence-electron chi connectivity index (χ1n) is 12.8. The van der Waals surface area contributed by atoms with E-state index < -0.39 is 0 Å². The topological polar surface area (TPSA) is 66.2 Å². The van der Waals surface area contributed by atoms with Crippen molar-refractivity contribution in [3.63, 3.8) is 0 Å². The third-order valence-corrected chi connectivity index (χ3v) is 7.81. The average molecular weight is 745 g/mol. The molecule has 2 unspecified atom stereocenters. The molecule has 2 aromatic heterocycles. The van der Waals surface area contributed by atoms with E-state index in [1.165, 1.54) is 20.5 Å². The number of aromatic nitrogens is 2. The number of rotatable bonds is 4. The van der Waals surface area contributed by atoms with E-state index in [4.69, 9.17) is 10.2 Å². The number of para-hydroxylation sites is 2. The quantitative estimate of drug-likeness (QED) is 0.179. The van der Waals surface area contributed by atoms with Gasteiger partial charge in [0.05, 0.1) is 23.2 Å². The van der Waals surface area contributed by atoms with Crippen LogP contribution in [0.15, 0.2) is 84.9 Å². The summed E-state index contributed by atoms with van der Waals surface area (Å²) in [6, 6.07) is 35.3. The van der Waals surface area contributed by atoms with Crippen LogP contribution in [0.4, 0.5) is 0 Å². The van der Waals surface area contributed by atoms with Gasteiger partial charge in [-0.25, -0.2) is 0 Å². The van der Waals surface area contributed by atoms with E-state index in [0.29, 0.717) is 6.42 Å². The van der Waals surface area contributed by atoms with Crippen molar-refractivity contribution in [1.29, 1.82) is 0 Å². The molecule has 40 heavy (non-hydrogen) atoms. The Morgan fingerprint density at radius 3 is 1.35 bits per heavy atom. The van der Waals surface area contributed by atoms with Crippen molar-refractivity contribution in [3.05, 3.63) is 108 Å². The maximum atomic E-state index is 8.56. The second-order valence-corrected chi connectivity index (χ2v) is 11.5. The maximum Gasteiger partial charge on any atom is 0.0697 e. The molecule has 2 N–H and O–H groups in total. The average Bonchev–Trinajstić information content (AvgIpc) is 3.54. The summed E-state index contributed by atoms with van der Waals surface area (Å²) >= 11 is 3.43. The molecular formula is C33H32IrN2O2S2-2. The molecule has 0 saturated heterocycles. The molecule has 0 aliphatic carbocycles. The predicted molar refractivity (Wildman–Crippen MR) is 165 cm³/mol. The van der Waals surface area contributed by atoms with Gasteiger partial charge >= 0.3 is 0 Å². The molecule has 2 atom stereocenters. The fourth-order valence-corrected chi connectivity index (χ4v) is 5.65. The van der Waals surface area contributed by atoms with Crippen molar-refractivity contribution in [3.8, 4) is 21.1 Å². The van der Waals surface area contributed by atoms with Gasteiger partial charge in [-0.05, 0) is 44.5 Å². The van der Waals surface area contributed by atoms with Crippen LogP contribution in [0.2, 0.25) is 0 Å². The van der Waals surface area contributed by atoms with Crippen LogP contribution < -0.4 is 0 Å². The molecule has 7 heteroatoms. The van der Waals surface area contributed by atoms with Gasteiger partial charge < -0.3 is 10.2 Å². The minimum absolute atomic E-state index is 0. The van der Waals surface area contributed by atoms with Crippen molar-refractivity contribution in [2.24, 2.45) is 0 Å². The maximum absolute atomic E-state index is 8.56. The van der Waals surface area contributed by atoms with E-state index in [2.05, 4.69) is 72.3 Å². The molecular weight excluding hydrogens is 713 g/mol. The van der Waals surface area contributed by atoms with Gasteiger partial charge in [0.2, 0.25) is 0 Å². The molecule has 0 amide bonds. The Labute approximate surface area is 257 Å². The summed E-state index contributed by atoms with van der Waals surface area (Å²) in [4.78, 5) is 9.20. The first kappa shape index (κ1) is 31.8. The molecule has 0 bridgehead atoms. The van der Waals surface area contributed by atoms with E-state index in [0.717, 1.165) is 32.2 Å². The van der Waals surface area contributed by atoms with Crippen LogP contribution in [0.3, 0.4) is 0 Å².